The third kappa shape index (κ3) is 5.18. The molecule has 1 N–H and O–H groups in total. The number of aliphatic hydroxyl groups excluding tert-OH is 1. The van der Waals surface area contributed by atoms with Gasteiger partial charge in [-0.1, -0.05) is 65.0 Å². The molecule has 0 spiro atoms. The summed E-state index contributed by atoms with van der Waals surface area (Å²) in [6.07, 6.45) is 0.709. The second-order valence-electron chi connectivity index (χ2n) is 9.63. The molecule has 3 heterocycles. The highest BCUT2D eigenvalue weighted by atomic mass is 35.5. The third-order valence-electron chi connectivity index (χ3n) is 6.96. The zero-order chi connectivity index (χ0) is 28.7. The molecule has 2 aliphatic rings. The van der Waals surface area contributed by atoms with Crippen LogP contribution in [0.25, 0.3) is 5.76 Å². The Balaban J connectivity index is 1.39. The number of carbonyl (C=O) groups excluding carboxylic acids is 2. The highest BCUT2D eigenvalue weighted by Crippen LogP contribution is 2.45. The number of ether oxygens (including phenoxy) is 2. The van der Waals surface area contributed by atoms with Crippen molar-refractivity contribution < 1.29 is 24.2 Å². The number of thioether (sulfide) groups is 1. The number of nitrogens with zero attached hydrogens (tertiary/aromatic N) is 3. The SMILES string of the molecule is COc1ccc([C@H]2/C(=C(\O)c3ccc4c(c3)C[C@H](C)O4)C(=O)C(=O)N2c2nnc(SCc3ccccc3Cl)s2)cc1. The summed E-state index contributed by atoms with van der Waals surface area (Å²) in [7, 11) is 1.56. The van der Waals surface area contributed by atoms with Crippen LogP contribution in [0.1, 0.15) is 35.2 Å². The number of methoxy groups -OCH3 is 1. The molecular formula is C30H24ClN3O5S2. The molecule has 11 heteroatoms. The lowest BCUT2D eigenvalue weighted by Gasteiger charge is -2.22. The molecular weight excluding hydrogens is 582 g/mol. The molecule has 0 radical (unpaired) electrons. The normalized spacial score (nSPS) is 19.3. The van der Waals surface area contributed by atoms with Crippen LogP contribution in [-0.4, -0.2) is 40.2 Å². The summed E-state index contributed by atoms with van der Waals surface area (Å²) in [6, 6.07) is 18.9. The number of hydrogen-bond donors (Lipinski definition) is 1. The average molecular weight is 606 g/mol. The molecule has 2 aliphatic heterocycles. The van der Waals surface area contributed by atoms with Crippen molar-refractivity contribution in [1.29, 1.82) is 0 Å². The summed E-state index contributed by atoms with van der Waals surface area (Å²) in [5.41, 5.74) is 2.91. The molecule has 4 aromatic rings. The Labute approximate surface area is 249 Å². The first-order chi connectivity index (χ1) is 19.8. The minimum atomic E-state index is -0.918. The van der Waals surface area contributed by atoms with E-state index in [9.17, 15) is 14.7 Å². The molecule has 8 nitrogen and oxygen atoms in total. The van der Waals surface area contributed by atoms with Gasteiger partial charge in [0.1, 0.15) is 23.4 Å². The van der Waals surface area contributed by atoms with Crippen LogP contribution in [0.15, 0.2) is 76.6 Å². The Kier molecular flexibility index (Phi) is 7.46. The molecule has 6 rings (SSSR count). The fourth-order valence-electron chi connectivity index (χ4n) is 4.97. The summed E-state index contributed by atoms with van der Waals surface area (Å²) in [4.78, 5) is 28.4. The van der Waals surface area contributed by atoms with Crippen LogP contribution < -0.4 is 14.4 Å². The predicted molar refractivity (Wildman–Crippen MR) is 159 cm³/mol. The summed E-state index contributed by atoms with van der Waals surface area (Å²) < 4.78 is 11.7. The van der Waals surface area contributed by atoms with Crippen LogP contribution in [0.2, 0.25) is 5.02 Å². The van der Waals surface area contributed by atoms with Gasteiger partial charge < -0.3 is 14.6 Å². The van der Waals surface area contributed by atoms with E-state index < -0.39 is 17.7 Å². The van der Waals surface area contributed by atoms with E-state index in [4.69, 9.17) is 21.1 Å². The van der Waals surface area contributed by atoms with E-state index in [1.165, 1.54) is 28.0 Å². The number of anilines is 1. The molecule has 1 saturated heterocycles. The minimum absolute atomic E-state index is 0.0208. The van der Waals surface area contributed by atoms with E-state index in [2.05, 4.69) is 10.2 Å². The monoisotopic (exact) mass is 605 g/mol. The standard InChI is InChI=1S/C30H24ClN3O5S2/c1-16-13-20-14-18(9-12-23(20)39-16)26(35)24-25(17-7-10-21(38-2)11-8-17)34(28(37)27(24)36)29-32-33-30(41-29)40-15-19-5-3-4-6-22(19)31/h3-12,14,16,25,35H,13,15H2,1-2H3/b26-24+/t16-,25-/m0/s1. The first-order valence-electron chi connectivity index (χ1n) is 12.8. The molecule has 0 saturated carbocycles. The van der Waals surface area contributed by atoms with Gasteiger partial charge in [0, 0.05) is 22.8 Å². The van der Waals surface area contributed by atoms with Gasteiger partial charge in [-0.05, 0) is 60.0 Å². The molecule has 3 aromatic carbocycles. The number of Topliss-reactive ketones (excluding diaryl/α,β-unsaturated/α-hetero) is 1. The van der Waals surface area contributed by atoms with Gasteiger partial charge >= 0.3 is 5.91 Å². The van der Waals surface area contributed by atoms with E-state index in [0.717, 1.165) is 16.9 Å². The van der Waals surface area contributed by atoms with Crippen LogP contribution >= 0.6 is 34.7 Å². The maximum atomic E-state index is 13.5. The Hall–Kier alpha value is -3.86. The summed E-state index contributed by atoms with van der Waals surface area (Å²) in [6.45, 7) is 1.97. The van der Waals surface area contributed by atoms with E-state index in [-0.39, 0.29) is 22.6 Å². The largest absolute Gasteiger partial charge is 0.507 e. The van der Waals surface area contributed by atoms with Crippen molar-refractivity contribution in [2.24, 2.45) is 0 Å². The van der Waals surface area contributed by atoms with Crippen LogP contribution in [0.5, 0.6) is 11.5 Å². The number of ketones is 1. The average Bonchev–Trinajstić information content (AvgIpc) is 3.67. The molecule has 41 heavy (non-hydrogen) atoms. The minimum Gasteiger partial charge on any atom is -0.507 e. The second kappa shape index (κ2) is 11.2. The summed E-state index contributed by atoms with van der Waals surface area (Å²) in [5, 5.41) is 21.0. The van der Waals surface area contributed by atoms with Crippen molar-refractivity contribution in [2.45, 2.75) is 35.6 Å². The predicted octanol–water partition coefficient (Wildman–Crippen LogP) is 6.44. The number of amides is 1. The number of aliphatic hydroxyl groups is 1. The zero-order valence-electron chi connectivity index (χ0n) is 22.0. The molecule has 0 aliphatic carbocycles. The van der Waals surface area contributed by atoms with Gasteiger partial charge in [-0.25, -0.2) is 0 Å². The van der Waals surface area contributed by atoms with Crippen molar-refractivity contribution in [1.82, 2.24) is 10.2 Å². The van der Waals surface area contributed by atoms with Crippen LogP contribution in [0, 0.1) is 0 Å². The van der Waals surface area contributed by atoms with Gasteiger partial charge in [0.25, 0.3) is 5.78 Å². The lowest BCUT2D eigenvalue weighted by atomic mass is 9.94. The fraction of sp³-hybridized carbons (Fsp3) is 0.200. The number of aromatic nitrogens is 2. The third-order valence-corrected chi connectivity index (χ3v) is 9.43. The molecule has 0 bridgehead atoms. The zero-order valence-corrected chi connectivity index (χ0v) is 24.4. The van der Waals surface area contributed by atoms with E-state index in [0.29, 0.717) is 38.4 Å². The molecule has 1 aromatic heterocycles. The Morgan fingerprint density at radius 1 is 1.15 bits per heavy atom. The van der Waals surface area contributed by atoms with Crippen molar-refractivity contribution in [2.75, 3.05) is 12.0 Å². The molecule has 1 amide bonds. The number of hydrogen-bond acceptors (Lipinski definition) is 9. The first kappa shape index (κ1) is 27.3. The van der Waals surface area contributed by atoms with Crippen LogP contribution in [0.4, 0.5) is 5.13 Å². The number of fused-ring (bicyclic) bond motifs is 1. The van der Waals surface area contributed by atoms with Crippen LogP contribution in [-0.2, 0) is 21.8 Å². The summed E-state index contributed by atoms with van der Waals surface area (Å²) >= 11 is 8.93. The van der Waals surface area contributed by atoms with Crippen molar-refractivity contribution in [3.05, 3.63) is 99.6 Å². The number of benzene rings is 3. The Morgan fingerprint density at radius 2 is 1.93 bits per heavy atom. The van der Waals surface area contributed by atoms with Gasteiger partial charge in [-0.15, -0.1) is 10.2 Å². The fourth-order valence-corrected chi connectivity index (χ4v) is 7.12. The highest BCUT2D eigenvalue weighted by molar-refractivity contribution is 8.00. The Morgan fingerprint density at radius 3 is 2.68 bits per heavy atom. The van der Waals surface area contributed by atoms with Crippen molar-refractivity contribution in [3.63, 3.8) is 0 Å². The van der Waals surface area contributed by atoms with Gasteiger partial charge in [0.05, 0.1) is 18.7 Å². The topological polar surface area (TPSA) is 102 Å². The molecule has 208 valence electrons. The highest BCUT2D eigenvalue weighted by Gasteiger charge is 2.48. The smallest absolute Gasteiger partial charge is 0.301 e. The van der Waals surface area contributed by atoms with Crippen LogP contribution in [0.3, 0.4) is 0 Å². The molecule has 0 unspecified atom stereocenters. The Bertz CT molecular complexity index is 1690. The van der Waals surface area contributed by atoms with Gasteiger partial charge in [0.15, 0.2) is 4.34 Å². The lowest BCUT2D eigenvalue weighted by Crippen LogP contribution is -2.29. The summed E-state index contributed by atoms with van der Waals surface area (Å²) in [5.74, 6) is 0.0879. The van der Waals surface area contributed by atoms with Crippen molar-refractivity contribution in [3.8, 4) is 11.5 Å². The molecule has 2 atom stereocenters. The van der Waals surface area contributed by atoms with E-state index >= 15 is 0 Å². The number of carbonyl (C=O) groups is 2. The quantitative estimate of drug-likeness (QED) is 0.0844. The maximum Gasteiger partial charge on any atom is 0.301 e. The van der Waals surface area contributed by atoms with Gasteiger partial charge in [-0.2, -0.15) is 0 Å². The number of rotatable bonds is 7. The molecule has 1 fully saturated rings. The second-order valence-corrected chi connectivity index (χ2v) is 12.2. The first-order valence-corrected chi connectivity index (χ1v) is 15.0. The van der Waals surface area contributed by atoms with Crippen molar-refractivity contribution >= 4 is 57.3 Å². The maximum absolute atomic E-state index is 13.5. The van der Waals surface area contributed by atoms with E-state index in [1.54, 1.807) is 49.6 Å². The lowest BCUT2D eigenvalue weighted by molar-refractivity contribution is -0.132. The van der Waals surface area contributed by atoms with Gasteiger partial charge in [-0.3, -0.25) is 14.5 Å². The van der Waals surface area contributed by atoms with Gasteiger partial charge in [0.2, 0.25) is 5.13 Å². The van der Waals surface area contributed by atoms with E-state index in [1.807, 2.05) is 31.2 Å². The number of halogens is 1.